The van der Waals surface area contributed by atoms with E-state index in [1.165, 1.54) is 7.11 Å². The van der Waals surface area contributed by atoms with Crippen LogP contribution in [-0.2, 0) is 23.8 Å². The van der Waals surface area contributed by atoms with Gasteiger partial charge in [-0.25, -0.2) is 0 Å². The van der Waals surface area contributed by atoms with Crippen LogP contribution in [0.15, 0.2) is 0 Å². The molecule has 15 unspecified atom stereocenters. The van der Waals surface area contributed by atoms with Crippen molar-refractivity contribution in [2.24, 2.45) is 41.2 Å². The minimum absolute atomic E-state index is 0.0773. The highest BCUT2D eigenvalue weighted by molar-refractivity contribution is 6.00. The first kappa shape index (κ1) is 32.3. The van der Waals surface area contributed by atoms with Crippen molar-refractivity contribution < 1.29 is 54.4 Å². The highest BCUT2D eigenvalue weighted by Gasteiger charge is 2.65. The first-order chi connectivity index (χ1) is 19.8. The van der Waals surface area contributed by atoms with Gasteiger partial charge in [0.2, 0.25) is 5.79 Å². The van der Waals surface area contributed by atoms with Gasteiger partial charge in [-0.1, -0.05) is 6.92 Å². The molecule has 5 fully saturated rings. The van der Waals surface area contributed by atoms with E-state index in [4.69, 9.17) is 19.9 Å². The number of aliphatic hydroxyl groups excluding tert-OH is 4. The fraction of sp³-hybridized carbons (Fsp3) is 0.931. The van der Waals surface area contributed by atoms with E-state index >= 15 is 0 Å². The maximum atomic E-state index is 13.9. The van der Waals surface area contributed by atoms with Gasteiger partial charge < -0.3 is 55.9 Å². The summed E-state index contributed by atoms with van der Waals surface area (Å²) in [6, 6.07) is 0. The zero-order valence-corrected chi connectivity index (χ0v) is 24.4. The SMILES string of the molecule is COC1CC(OC2OC(O)(CO)C(O)(CCC3CCNC(N)C3)C(O)C2O)C2C(=O)C3C(O)CC(C)CC3C(=O)C2C1. The molecule has 0 bridgehead atoms. The van der Waals surface area contributed by atoms with Gasteiger partial charge in [-0.3, -0.25) is 9.59 Å². The molecule has 15 atom stereocenters. The van der Waals surface area contributed by atoms with E-state index < -0.39 is 78.5 Å². The smallest absolute Gasteiger partial charge is 0.224 e. The van der Waals surface area contributed by atoms with Crippen LogP contribution >= 0.6 is 0 Å². The number of ketones is 2. The molecule has 9 N–H and O–H groups in total. The van der Waals surface area contributed by atoms with Gasteiger partial charge >= 0.3 is 0 Å². The predicted octanol–water partition coefficient (Wildman–Crippen LogP) is -1.86. The molecule has 2 aliphatic heterocycles. The van der Waals surface area contributed by atoms with Gasteiger partial charge in [-0.05, 0) is 63.3 Å². The molecule has 13 heteroatoms. The van der Waals surface area contributed by atoms with Crippen LogP contribution in [0.1, 0.15) is 58.3 Å². The minimum Gasteiger partial charge on any atom is -0.392 e. The number of nitrogens with two attached hydrogens (primary N) is 1. The number of Topliss-reactive ketones (excluding diaryl/α,β-unsaturated/α-hetero) is 2. The lowest BCUT2D eigenvalue weighted by molar-refractivity contribution is -0.436. The van der Waals surface area contributed by atoms with Gasteiger partial charge in [0.25, 0.3) is 0 Å². The molecule has 3 saturated carbocycles. The van der Waals surface area contributed by atoms with Crippen molar-refractivity contribution in [2.45, 2.75) is 113 Å². The quantitative estimate of drug-likeness (QED) is 0.161. The number of aliphatic hydroxyl groups is 6. The molecule has 42 heavy (non-hydrogen) atoms. The molecule has 5 aliphatic rings. The molecule has 0 amide bonds. The van der Waals surface area contributed by atoms with Crippen LogP contribution in [0.3, 0.4) is 0 Å². The third-order valence-electron chi connectivity index (χ3n) is 10.8. The van der Waals surface area contributed by atoms with Crippen LogP contribution in [0.25, 0.3) is 0 Å². The number of rotatable bonds is 7. The molecule has 2 saturated heterocycles. The second-order valence-electron chi connectivity index (χ2n) is 13.5. The molecule has 3 aliphatic carbocycles. The number of hydrogen-bond donors (Lipinski definition) is 8. The lowest BCUT2D eigenvalue weighted by Gasteiger charge is -2.54. The molecule has 5 rings (SSSR count). The summed E-state index contributed by atoms with van der Waals surface area (Å²) in [5.74, 6) is -6.05. The molecule has 0 radical (unpaired) electrons. The summed E-state index contributed by atoms with van der Waals surface area (Å²) in [6.45, 7) is 1.52. The molecular weight excluding hydrogens is 552 g/mol. The van der Waals surface area contributed by atoms with Crippen molar-refractivity contribution in [1.29, 1.82) is 0 Å². The largest absolute Gasteiger partial charge is 0.392 e. The third kappa shape index (κ3) is 5.60. The Labute approximate surface area is 245 Å². The Morgan fingerprint density at radius 1 is 1.02 bits per heavy atom. The Balaban J connectivity index is 1.36. The molecule has 2 heterocycles. The molecule has 13 nitrogen and oxygen atoms in total. The summed E-state index contributed by atoms with van der Waals surface area (Å²) in [7, 11) is 1.49. The van der Waals surface area contributed by atoms with Gasteiger partial charge in [-0.15, -0.1) is 0 Å². The fourth-order valence-corrected chi connectivity index (χ4v) is 8.42. The number of fused-ring (bicyclic) bond motifs is 2. The first-order valence-corrected chi connectivity index (χ1v) is 15.4. The maximum Gasteiger partial charge on any atom is 0.224 e. The minimum atomic E-state index is -2.70. The van der Waals surface area contributed by atoms with Crippen molar-refractivity contribution in [2.75, 3.05) is 20.3 Å². The Hall–Kier alpha value is -1.10. The van der Waals surface area contributed by atoms with E-state index in [0.717, 1.165) is 6.42 Å². The second-order valence-corrected chi connectivity index (χ2v) is 13.5. The van der Waals surface area contributed by atoms with Crippen LogP contribution in [0.4, 0.5) is 0 Å². The Morgan fingerprint density at radius 2 is 1.74 bits per heavy atom. The highest BCUT2D eigenvalue weighted by atomic mass is 16.8. The number of ether oxygens (including phenoxy) is 3. The van der Waals surface area contributed by atoms with Crippen molar-refractivity contribution in [3.8, 4) is 0 Å². The molecule has 0 aromatic heterocycles. The van der Waals surface area contributed by atoms with E-state index in [9.17, 15) is 40.2 Å². The number of carbonyl (C=O) groups is 2. The van der Waals surface area contributed by atoms with Crippen LogP contribution in [0.5, 0.6) is 0 Å². The van der Waals surface area contributed by atoms with Crippen molar-refractivity contribution in [1.82, 2.24) is 5.32 Å². The van der Waals surface area contributed by atoms with E-state index in [1.54, 1.807) is 0 Å². The van der Waals surface area contributed by atoms with Crippen LogP contribution in [-0.4, -0.2) is 117 Å². The Morgan fingerprint density at radius 3 is 2.40 bits per heavy atom. The van der Waals surface area contributed by atoms with Crippen molar-refractivity contribution in [3.05, 3.63) is 0 Å². The molecule has 0 aromatic rings. The number of carbonyl (C=O) groups excluding carboxylic acids is 2. The van der Waals surface area contributed by atoms with E-state index in [2.05, 4.69) is 5.32 Å². The summed E-state index contributed by atoms with van der Waals surface area (Å²) in [5.41, 5.74) is 3.54. The molecule has 240 valence electrons. The van der Waals surface area contributed by atoms with E-state index in [0.29, 0.717) is 38.6 Å². The number of piperidine rings is 1. The summed E-state index contributed by atoms with van der Waals surface area (Å²) < 4.78 is 17.3. The topological polar surface area (TPSA) is 221 Å². The molecule has 0 spiro atoms. The van der Waals surface area contributed by atoms with Gasteiger partial charge in [0, 0.05) is 25.4 Å². The highest BCUT2D eigenvalue weighted by Crippen LogP contribution is 2.50. The number of methoxy groups -OCH3 is 1. The summed E-state index contributed by atoms with van der Waals surface area (Å²) >= 11 is 0. The van der Waals surface area contributed by atoms with Crippen molar-refractivity contribution >= 4 is 11.6 Å². The van der Waals surface area contributed by atoms with Gasteiger partial charge in [-0.2, -0.15) is 0 Å². The summed E-state index contributed by atoms with van der Waals surface area (Å²) in [5, 5.41) is 69.1. The van der Waals surface area contributed by atoms with Crippen LogP contribution in [0, 0.1) is 35.5 Å². The normalized spacial score (nSPS) is 51.6. The van der Waals surface area contributed by atoms with Crippen LogP contribution < -0.4 is 11.1 Å². The standard InChI is InChI=1S/C29H48N2O11/c1-13-7-16-21(18(33)8-13)24(35)22-17(23(16)34)10-15(40-2)11-19(22)41-27-25(36)26(37)28(38,29(39,12-32)42-27)5-3-14-4-6-31-20(30)9-14/h13-22,25-27,31-33,36-39H,3-12,30H2,1-2H3. The monoisotopic (exact) mass is 600 g/mol. The lowest BCUT2D eigenvalue weighted by Crippen LogP contribution is -2.74. The maximum absolute atomic E-state index is 13.9. The van der Waals surface area contributed by atoms with Crippen molar-refractivity contribution in [3.63, 3.8) is 0 Å². The second kappa shape index (κ2) is 12.4. The molecular formula is C29H48N2O11. The fourth-order valence-electron chi connectivity index (χ4n) is 8.42. The number of hydrogen-bond acceptors (Lipinski definition) is 13. The summed E-state index contributed by atoms with van der Waals surface area (Å²) in [4.78, 5) is 27.6. The van der Waals surface area contributed by atoms with Gasteiger partial charge in [0.1, 0.15) is 36.0 Å². The lowest BCUT2D eigenvalue weighted by atomic mass is 9.55. The zero-order chi connectivity index (χ0) is 30.6. The average Bonchev–Trinajstić information content (AvgIpc) is 2.96. The average molecular weight is 601 g/mol. The van der Waals surface area contributed by atoms with E-state index in [-0.39, 0.29) is 42.4 Å². The Kier molecular flexibility index (Phi) is 9.50. The van der Waals surface area contributed by atoms with Gasteiger partial charge in [0.15, 0.2) is 6.29 Å². The van der Waals surface area contributed by atoms with Crippen LogP contribution in [0.2, 0.25) is 0 Å². The summed E-state index contributed by atoms with van der Waals surface area (Å²) in [6.07, 6.45) is -5.33. The zero-order valence-electron chi connectivity index (χ0n) is 24.4. The number of nitrogens with one attached hydrogen (secondary N) is 1. The van der Waals surface area contributed by atoms with Gasteiger partial charge in [0.05, 0.1) is 36.3 Å². The molecule has 0 aromatic carbocycles. The Bertz CT molecular complexity index is 1000. The first-order valence-electron chi connectivity index (χ1n) is 15.4. The third-order valence-corrected chi connectivity index (χ3v) is 10.8. The van der Waals surface area contributed by atoms with E-state index in [1.807, 2.05) is 6.92 Å². The predicted molar refractivity (Wildman–Crippen MR) is 145 cm³/mol.